The fourth-order valence-corrected chi connectivity index (χ4v) is 2.18. The van der Waals surface area contributed by atoms with Gasteiger partial charge in [-0.15, -0.1) is 0 Å². The van der Waals surface area contributed by atoms with Crippen LogP contribution in [0.5, 0.6) is 0 Å². The highest BCUT2D eigenvalue weighted by atomic mass is 19.1. The molecule has 0 radical (unpaired) electrons. The van der Waals surface area contributed by atoms with Crippen LogP contribution in [-0.2, 0) is 6.54 Å². The zero-order valence-electron chi connectivity index (χ0n) is 12.7. The lowest BCUT2D eigenvalue weighted by Crippen LogP contribution is -2.18. The summed E-state index contributed by atoms with van der Waals surface area (Å²) in [5, 5.41) is 6.78. The van der Waals surface area contributed by atoms with E-state index in [1.54, 1.807) is 6.92 Å². The van der Waals surface area contributed by atoms with Gasteiger partial charge >= 0.3 is 0 Å². The molecule has 122 valence electrons. The summed E-state index contributed by atoms with van der Waals surface area (Å²) in [7, 11) is 0. The largest absolute Gasteiger partial charge is 0.305 e. The molecule has 2 aromatic heterocycles. The first-order valence-electron chi connectivity index (χ1n) is 7.08. The Morgan fingerprint density at radius 3 is 2.83 bits per heavy atom. The van der Waals surface area contributed by atoms with Gasteiger partial charge in [0.2, 0.25) is 0 Å². The molecule has 0 spiro atoms. The molecule has 0 bridgehead atoms. The number of anilines is 1. The SMILES string of the molecule is Cc1cnn(Cc2cc(F)ccc2F)c1NC(=O)c1cnccn1. The molecule has 3 aromatic rings. The highest BCUT2D eigenvalue weighted by Crippen LogP contribution is 2.18. The number of carbonyl (C=O) groups is 1. The lowest BCUT2D eigenvalue weighted by atomic mass is 10.2. The summed E-state index contributed by atoms with van der Waals surface area (Å²) < 4.78 is 28.5. The lowest BCUT2D eigenvalue weighted by molar-refractivity contribution is 0.102. The Labute approximate surface area is 136 Å². The first-order valence-corrected chi connectivity index (χ1v) is 7.08. The Balaban J connectivity index is 1.86. The molecule has 0 saturated heterocycles. The molecule has 0 aliphatic carbocycles. The summed E-state index contributed by atoms with van der Waals surface area (Å²) in [4.78, 5) is 19.9. The topological polar surface area (TPSA) is 72.7 Å². The third-order valence-corrected chi connectivity index (χ3v) is 3.38. The zero-order valence-corrected chi connectivity index (χ0v) is 12.7. The Hall–Kier alpha value is -3.16. The van der Waals surface area contributed by atoms with Gasteiger partial charge in [0.15, 0.2) is 0 Å². The van der Waals surface area contributed by atoms with Crippen LogP contribution in [0.1, 0.15) is 21.6 Å². The van der Waals surface area contributed by atoms with Gasteiger partial charge in [0.05, 0.1) is 18.9 Å². The number of benzene rings is 1. The number of amides is 1. The van der Waals surface area contributed by atoms with Crippen molar-refractivity contribution < 1.29 is 13.6 Å². The molecule has 0 atom stereocenters. The fourth-order valence-electron chi connectivity index (χ4n) is 2.18. The van der Waals surface area contributed by atoms with Crippen LogP contribution in [-0.4, -0.2) is 25.7 Å². The minimum absolute atomic E-state index is 0.0203. The van der Waals surface area contributed by atoms with E-state index in [1.807, 2.05) is 0 Å². The molecule has 1 N–H and O–H groups in total. The summed E-state index contributed by atoms with van der Waals surface area (Å²) >= 11 is 0. The van der Waals surface area contributed by atoms with Crippen LogP contribution in [0.2, 0.25) is 0 Å². The van der Waals surface area contributed by atoms with E-state index in [0.29, 0.717) is 11.4 Å². The molecule has 0 unspecified atom stereocenters. The lowest BCUT2D eigenvalue weighted by Gasteiger charge is -2.10. The van der Waals surface area contributed by atoms with Gasteiger partial charge in [-0.2, -0.15) is 5.10 Å². The van der Waals surface area contributed by atoms with Gasteiger partial charge in [-0.25, -0.2) is 18.4 Å². The van der Waals surface area contributed by atoms with E-state index in [-0.39, 0.29) is 17.8 Å². The van der Waals surface area contributed by atoms with E-state index in [9.17, 15) is 13.6 Å². The summed E-state index contributed by atoms with van der Waals surface area (Å²) in [6, 6.07) is 3.20. The molecule has 1 aromatic carbocycles. The van der Waals surface area contributed by atoms with E-state index in [0.717, 1.165) is 18.2 Å². The molecule has 0 aliphatic rings. The number of nitrogens with one attached hydrogen (secondary N) is 1. The molecule has 8 heteroatoms. The molecule has 1 amide bonds. The Morgan fingerprint density at radius 1 is 1.25 bits per heavy atom. The molecular formula is C16H13F2N5O. The maximum absolute atomic E-state index is 13.8. The molecule has 6 nitrogen and oxygen atoms in total. The average molecular weight is 329 g/mol. The van der Waals surface area contributed by atoms with E-state index < -0.39 is 17.5 Å². The fraction of sp³-hybridized carbons (Fsp3) is 0.125. The minimum Gasteiger partial charge on any atom is -0.305 e. The van der Waals surface area contributed by atoms with Crippen molar-refractivity contribution in [3.63, 3.8) is 0 Å². The number of rotatable bonds is 4. The van der Waals surface area contributed by atoms with Crippen molar-refractivity contribution in [1.82, 2.24) is 19.7 Å². The second kappa shape index (κ2) is 6.53. The van der Waals surface area contributed by atoms with Crippen molar-refractivity contribution >= 4 is 11.7 Å². The van der Waals surface area contributed by atoms with Crippen molar-refractivity contribution in [3.05, 3.63) is 71.4 Å². The van der Waals surface area contributed by atoms with E-state index in [4.69, 9.17) is 0 Å². The molecule has 0 saturated carbocycles. The van der Waals surface area contributed by atoms with E-state index in [2.05, 4.69) is 20.4 Å². The van der Waals surface area contributed by atoms with Crippen LogP contribution in [0.3, 0.4) is 0 Å². The normalized spacial score (nSPS) is 10.6. The van der Waals surface area contributed by atoms with Crippen LogP contribution >= 0.6 is 0 Å². The molecular weight excluding hydrogens is 316 g/mol. The summed E-state index contributed by atoms with van der Waals surface area (Å²) in [6.45, 7) is 1.73. The van der Waals surface area contributed by atoms with Crippen LogP contribution in [0, 0.1) is 18.6 Å². The summed E-state index contributed by atoms with van der Waals surface area (Å²) in [6.07, 6.45) is 5.72. The molecule has 24 heavy (non-hydrogen) atoms. The Kier molecular flexibility index (Phi) is 4.28. The van der Waals surface area contributed by atoms with Crippen molar-refractivity contribution in [2.75, 3.05) is 5.32 Å². The van der Waals surface area contributed by atoms with Gasteiger partial charge in [0, 0.05) is 23.5 Å². The second-order valence-corrected chi connectivity index (χ2v) is 5.11. The molecule has 0 fully saturated rings. The van der Waals surface area contributed by atoms with Crippen molar-refractivity contribution in [2.45, 2.75) is 13.5 Å². The smallest absolute Gasteiger partial charge is 0.277 e. The average Bonchev–Trinajstić information content (AvgIpc) is 2.92. The van der Waals surface area contributed by atoms with Gasteiger partial charge in [-0.1, -0.05) is 0 Å². The minimum atomic E-state index is -0.546. The summed E-state index contributed by atoms with van der Waals surface area (Å²) in [5.41, 5.74) is 0.957. The monoisotopic (exact) mass is 329 g/mol. The van der Waals surface area contributed by atoms with Crippen LogP contribution in [0.4, 0.5) is 14.6 Å². The number of aromatic nitrogens is 4. The highest BCUT2D eigenvalue weighted by molar-refractivity contribution is 6.02. The highest BCUT2D eigenvalue weighted by Gasteiger charge is 2.15. The van der Waals surface area contributed by atoms with Crippen molar-refractivity contribution in [3.8, 4) is 0 Å². The van der Waals surface area contributed by atoms with Gasteiger partial charge in [0.1, 0.15) is 23.1 Å². The van der Waals surface area contributed by atoms with E-state index >= 15 is 0 Å². The number of hydrogen-bond donors (Lipinski definition) is 1. The van der Waals surface area contributed by atoms with Gasteiger partial charge < -0.3 is 5.32 Å². The molecule has 3 rings (SSSR count). The predicted molar refractivity (Wildman–Crippen MR) is 82.4 cm³/mol. The standard InChI is InChI=1S/C16H13F2N5O/c1-10-7-21-23(9-11-6-12(17)2-3-13(11)18)15(10)22-16(24)14-8-19-4-5-20-14/h2-8H,9H2,1H3,(H,22,24). The van der Waals surface area contributed by atoms with Gasteiger partial charge in [0.25, 0.3) is 5.91 Å². The number of carbonyl (C=O) groups excluding carboxylic acids is 1. The Bertz CT molecular complexity index is 879. The predicted octanol–water partition coefficient (Wildman–Crippen LogP) is 2.56. The van der Waals surface area contributed by atoms with Gasteiger partial charge in [-0.3, -0.25) is 9.78 Å². The van der Waals surface area contributed by atoms with Crippen LogP contribution in [0.15, 0.2) is 43.0 Å². The second-order valence-electron chi connectivity index (χ2n) is 5.11. The summed E-state index contributed by atoms with van der Waals surface area (Å²) in [5.74, 6) is -1.17. The van der Waals surface area contributed by atoms with Crippen molar-refractivity contribution in [2.24, 2.45) is 0 Å². The van der Waals surface area contributed by atoms with Gasteiger partial charge in [-0.05, 0) is 25.1 Å². The maximum atomic E-state index is 13.8. The maximum Gasteiger partial charge on any atom is 0.277 e. The Morgan fingerprint density at radius 2 is 2.08 bits per heavy atom. The van der Waals surface area contributed by atoms with Crippen molar-refractivity contribution in [1.29, 1.82) is 0 Å². The number of nitrogens with zero attached hydrogens (tertiary/aromatic N) is 4. The quantitative estimate of drug-likeness (QED) is 0.798. The molecule has 0 aliphatic heterocycles. The first-order chi connectivity index (χ1) is 11.5. The third kappa shape index (κ3) is 3.27. The zero-order chi connectivity index (χ0) is 17.1. The first kappa shape index (κ1) is 15.7. The van der Waals surface area contributed by atoms with E-state index in [1.165, 1.54) is 29.5 Å². The van der Waals surface area contributed by atoms with Crippen LogP contribution in [0.25, 0.3) is 0 Å². The number of hydrogen-bond acceptors (Lipinski definition) is 4. The van der Waals surface area contributed by atoms with Crippen LogP contribution < -0.4 is 5.32 Å². The number of halogens is 2. The number of aryl methyl sites for hydroxylation is 1. The molecule has 2 heterocycles. The third-order valence-electron chi connectivity index (χ3n) is 3.38.